The minimum atomic E-state index is 0.544. The molecule has 0 aromatic rings. The van der Waals surface area contributed by atoms with Gasteiger partial charge in [-0.05, 0) is 61.7 Å². The van der Waals surface area contributed by atoms with Crippen LogP contribution >= 0.6 is 8.58 Å². The van der Waals surface area contributed by atoms with Gasteiger partial charge in [0.2, 0.25) is 0 Å². The molecule has 0 heterocycles. The Balaban J connectivity index is 2.59. The van der Waals surface area contributed by atoms with Crippen molar-refractivity contribution in [3.05, 3.63) is 11.6 Å². The summed E-state index contributed by atoms with van der Waals surface area (Å²) in [5.41, 5.74) is 1.68. The van der Waals surface area contributed by atoms with Crippen LogP contribution in [0.4, 0.5) is 0 Å². The van der Waals surface area contributed by atoms with E-state index >= 15 is 0 Å². The van der Waals surface area contributed by atoms with Gasteiger partial charge in [0.1, 0.15) is 0 Å². The molecule has 1 aliphatic carbocycles. The molecular formula is C18H35P. The van der Waals surface area contributed by atoms with E-state index < -0.39 is 0 Å². The summed E-state index contributed by atoms with van der Waals surface area (Å²) >= 11 is 0. The Hall–Kier alpha value is 0.170. The van der Waals surface area contributed by atoms with Gasteiger partial charge in [0.15, 0.2) is 0 Å². The second kappa shape index (κ2) is 7.82. The Morgan fingerprint density at radius 2 is 2.00 bits per heavy atom. The standard InChI is InChI=1S/C18H35P/c1-7-9-10-19-18(5,6)13-17-14(3)11-16(8-2)12-15(17)4/h11,15-17,19H,7-10,12-13H2,1-6H3. The van der Waals surface area contributed by atoms with E-state index in [1.807, 2.05) is 0 Å². The first kappa shape index (κ1) is 17.2. The highest BCUT2D eigenvalue weighted by atomic mass is 31.1. The molecule has 0 radical (unpaired) electrons. The molecule has 0 spiro atoms. The molecule has 1 heteroatoms. The quantitative estimate of drug-likeness (QED) is 0.293. The smallest absolute Gasteiger partial charge is 0.0172 e. The van der Waals surface area contributed by atoms with Crippen LogP contribution in [0.15, 0.2) is 11.6 Å². The number of allylic oxidation sites excluding steroid dienone is 2. The second-order valence-electron chi connectivity index (χ2n) is 7.27. The average molecular weight is 282 g/mol. The fraction of sp³-hybridized carbons (Fsp3) is 0.889. The zero-order valence-corrected chi connectivity index (χ0v) is 15.1. The minimum Gasteiger partial charge on any atom is -0.116 e. The van der Waals surface area contributed by atoms with Crippen molar-refractivity contribution in [3.8, 4) is 0 Å². The molecule has 1 rings (SSSR count). The number of hydrogen-bond donors (Lipinski definition) is 0. The lowest BCUT2D eigenvalue weighted by molar-refractivity contribution is 0.283. The molecule has 0 aromatic heterocycles. The highest BCUT2D eigenvalue weighted by Crippen LogP contribution is 2.44. The van der Waals surface area contributed by atoms with E-state index in [1.165, 1.54) is 38.3 Å². The first-order valence-corrected chi connectivity index (χ1v) is 9.53. The van der Waals surface area contributed by atoms with Gasteiger partial charge in [0, 0.05) is 0 Å². The van der Waals surface area contributed by atoms with Gasteiger partial charge in [-0.15, -0.1) is 8.58 Å². The normalized spacial score (nSPS) is 28.9. The van der Waals surface area contributed by atoms with Crippen molar-refractivity contribution in [2.24, 2.45) is 17.8 Å². The van der Waals surface area contributed by atoms with Crippen LogP contribution in [0, 0.1) is 17.8 Å². The van der Waals surface area contributed by atoms with E-state index in [9.17, 15) is 0 Å². The topological polar surface area (TPSA) is 0 Å². The van der Waals surface area contributed by atoms with Crippen LogP contribution in [-0.4, -0.2) is 11.3 Å². The zero-order chi connectivity index (χ0) is 14.5. The van der Waals surface area contributed by atoms with Crippen LogP contribution in [0.2, 0.25) is 0 Å². The van der Waals surface area contributed by atoms with E-state index in [1.54, 1.807) is 5.57 Å². The van der Waals surface area contributed by atoms with Gasteiger partial charge in [-0.2, -0.15) is 0 Å². The third kappa shape index (κ3) is 5.58. The maximum Gasteiger partial charge on any atom is -0.0172 e. The summed E-state index contributed by atoms with van der Waals surface area (Å²) in [5, 5.41) is 0.544. The predicted molar refractivity (Wildman–Crippen MR) is 91.6 cm³/mol. The molecule has 112 valence electrons. The lowest BCUT2D eigenvalue weighted by Crippen LogP contribution is -2.28. The Morgan fingerprint density at radius 3 is 2.53 bits per heavy atom. The summed E-state index contributed by atoms with van der Waals surface area (Å²) in [7, 11) is 1.14. The van der Waals surface area contributed by atoms with Gasteiger partial charge < -0.3 is 0 Å². The molecule has 0 saturated heterocycles. The van der Waals surface area contributed by atoms with Gasteiger partial charge in [-0.1, -0.05) is 52.7 Å². The van der Waals surface area contributed by atoms with Crippen LogP contribution in [0.25, 0.3) is 0 Å². The summed E-state index contributed by atoms with van der Waals surface area (Å²) < 4.78 is 0. The first-order chi connectivity index (χ1) is 8.89. The SMILES string of the molecule is CCCCPC(C)(C)CC1C(C)=CC(CC)CC1C. The Labute approximate surface area is 123 Å². The molecule has 0 aliphatic heterocycles. The van der Waals surface area contributed by atoms with E-state index in [-0.39, 0.29) is 0 Å². The number of unbranched alkanes of at least 4 members (excludes halogenated alkanes) is 1. The monoisotopic (exact) mass is 282 g/mol. The van der Waals surface area contributed by atoms with Gasteiger partial charge in [0.05, 0.1) is 0 Å². The van der Waals surface area contributed by atoms with Crippen molar-refractivity contribution in [2.45, 2.75) is 78.8 Å². The van der Waals surface area contributed by atoms with E-state index in [4.69, 9.17) is 0 Å². The van der Waals surface area contributed by atoms with Crippen LogP contribution in [0.5, 0.6) is 0 Å². The third-order valence-electron chi connectivity index (χ3n) is 4.83. The average Bonchev–Trinajstić information content (AvgIpc) is 2.33. The fourth-order valence-corrected chi connectivity index (χ4v) is 5.10. The molecule has 0 saturated carbocycles. The van der Waals surface area contributed by atoms with Gasteiger partial charge in [-0.3, -0.25) is 0 Å². The summed E-state index contributed by atoms with van der Waals surface area (Å²) in [6.07, 6.45) is 10.9. The van der Waals surface area contributed by atoms with Crippen LogP contribution in [-0.2, 0) is 0 Å². The van der Waals surface area contributed by atoms with Crippen molar-refractivity contribution in [1.29, 1.82) is 0 Å². The maximum atomic E-state index is 2.58. The highest BCUT2D eigenvalue weighted by Gasteiger charge is 2.31. The molecule has 0 bridgehead atoms. The largest absolute Gasteiger partial charge is 0.116 e. The predicted octanol–water partition coefficient (Wildman–Crippen LogP) is 6.26. The van der Waals surface area contributed by atoms with Crippen molar-refractivity contribution in [2.75, 3.05) is 6.16 Å². The van der Waals surface area contributed by atoms with Crippen molar-refractivity contribution < 1.29 is 0 Å². The van der Waals surface area contributed by atoms with Gasteiger partial charge >= 0.3 is 0 Å². The fourth-order valence-electron chi connectivity index (χ4n) is 3.53. The lowest BCUT2D eigenvalue weighted by Gasteiger charge is -2.38. The maximum absolute atomic E-state index is 2.58. The van der Waals surface area contributed by atoms with Crippen molar-refractivity contribution >= 4 is 8.58 Å². The van der Waals surface area contributed by atoms with E-state index in [0.717, 1.165) is 26.3 Å². The molecule has 19 heavy (non-hydrogen) atoms. The molecule has 0 fully saturated rings. The summed E-state index contributed by atoms with van der Waals surface area (Å²) in [4.78, 5) is 0. The molecular weight excluding hydrogens is 247 g/mol. The molecule has 4 atom stereocenters. The lowest BCUT2D eigenvalue weighted by atomic mass is 9.72. The van der Waals surface area contributed by atoms with E-state index in [2.05, 4.69) is 47.6 Å². The number of rotatable bonds is 7. The molecule has 4 unspecified atom stereocenters. The van der Waals surface area contributed by atoms with E-state index in [0.29, 0.717) is 5.16 Å². The molecule has 1 aliphatic rings. The van der Waals surface area contributed by atoms with Crippen molar-refractivity contribution in [3.63, 3.8) is 0 Å². The first-order valence-electron chi connectivity index (χ1n) is 8.33. The van der Waals surface area contributed by atoms with Crippen LogP contribution in [0.1, 0.15) is 73.6 Å². The molecule has 0 aromatic carbocycles. The second-order valence-corrected chi connectivity index (χ2v) is 9.47. The zero-order valence-electron chi connectivity index (χ0n) is 14.1. The Morgan fingerprint density at radius 1 is 1.32 bits per heavy atom. The van der Waals surface area contributed by atoms with Crippen molar-refractivity contribution in [1.82, 2.24) is 0 Å². The summed E-state index contributed by atoms with van der Waals surface area (Å²) in [5.74, 6) is 2.56. The van der Waals surface area contributed by atoms with Crippen LogP contribution in [0.3, 0.4) is 0 Å². The van der Waals surface area contributed by atoms with Gasteiger partial charge in [-0.25, -0.2) is 0 Å². The highest BCUT2D eigenvalue weighted by molar-refractivity contribution is 7.39. The molecule has 0 nitrogen and oxygen atoms in total. The Bertz CT molecular complexity index is 290. The minimum absolute atomic E-state index is 0.544. The third-order valence-corrected chi connectivity index (χ3v) is 6.60. The molecule has 0 amide bonds. The van der Waals surface area contributed by atoms with Crippen LogP contribution < -0.4 is 0 Å². The number of hydrogen-bond acceptors (Lipinski definition) is 0. The Kier molecular flexibility index (Phi) is 7.09. The molecule has 0 N–H and O–H groups in total. The summed E-state index contributed by atoms with van der Waals surface area (Å²) in [6.45, 7) is 14.5. The summed E-state index contributed by atoms with van der Waals surface area (Å²) in [6, 6.07) is 0. The van der Waals surface area contributed by atoms with Gasteiger partial charge in [0.25, 0.3) is 0 Å².